The predicted octanol–water partition coefficient (Wildman–Crippen LogP) is 2.79. The van der Waals surface area contributed by atoms with Crippen LogP contribution in [0.1, 0.15) is 60.0 Å². The van der Waals surface area contributed by atoms with E-state index in [0.29, 0.717) is 23.7 Å². The fourth-order valence-corrected chi connectivity index (χ4v) is 4.45. The summed E-state index contributed by atoms with van der Waals surface area (Å²) in [5.74, 6) is 1.88. The number of amides is 2. The Morgan fingerprint density at radius 3 is 2.83 bits per heavy atom. The molecule has 1 aromatic carbocycles. The lowest BCUT2D eigenvalue weighted by Crippen LogP contribution is -2.45. The fourth-order valence-electron chi connectivity index (χ4n) is 4.23. The number of fused-ring (bicyclic) bond motifs is 1. The van der Waals surface area contributed by atoms with Gasteiger partial charge in [-0.2, -0.15) is 0 Å². The van der Waals surface area contributed by atoms with Crippen molar-refractivity contribution in [2.45, 2.75) is 51.0 Å². The number of rotatable bonds is 4. The molecule has 2 aliphatic heterocycles. The van der Waals surface area contributed by atoms with Crippen LogP contribution in [0.25, 0.3) is 0 Å². The van der Waals surface area contributed by atoms with Gasteiger partial charge in [0.2, 0.25) is 5.91 Å². The smallest absolute Gasteiger partial charge is 0.253 e. The lowest BCUT2D eigenvalue weighted by Gasteiger charge is -2.32. The molecular formula is C21H26ClN5O2. The second kappa shape index (κ2) is 8.95. The van der Waals surface area contributed by atoms with Crippen molar-refractivity contribution >= 4 is 23.4 Å². The minimum absolute atomic E-state index is 0.0330. The predicted molar refractivity (Wildman–Crippen MR) is 110 cm³/mol. The van der Waals surface area contributed by atoms with E-state index in [0.717, 1.165) is 43.9 Å². The van der Waals surface area contributed by atoms with Gasteiger partial charge in [-0.05, 0) is 37.8 Å². The maximum atomic E-state index is 12.7. The third-order valence-corrected chi connectivity index (χ3v) is 6.13. The van der Waals surface area contributed by atoms with Crippen molar-refractivity contribution in [2.75, 3.05) is 19.6 Å². The van der Waals surface area contributed by atoms with E-state index in [1.165, 1.54) is 12.8 Å². The molecule has 2 aromatic rings. The molecule has 154 valence electrons. The standard InChI is InChI=1S/C21H26ClN5O2/c22-17-9-4-3-8-16(17)21(29)23-13-19(28)26-11-6-7-15(14-26)20-25-24-18-10-2-1-5-12-27(18)20/h3-4,8-9,15H,1-2,5-7,10-14H2,(H,23,29). The summed E-state index contributed by atoms with van der Waals surface area (Å²) in [6, 6.07) is 6.83. The zero-order valence-corrected chi connectivity index (χ0v) is 17.2. The molecule has 2 aliphatic rings. The lowest BCUT2D eigenvalue weighted by molar-refractivity contribution is -0.131. The Kier molecular flexibility index (Phi) is 6.13. The third-order valence-electron chi connectivity index (χ3n) is 5.80. The molecule has 29 heavy (non-hydrogen) atoms. The molecule has 4 rings (SSSR count). The highest BCUT2D eigenvalue weighted by molar-refractivity contribution is 6.33. The molecule has 0 aliphatic carbocycles. The van der Waals surface area contributed by atoms with Gasteiger partial charge in [-0.1, -0.05) is 30.2 Å². The number of nitrogens with one attached hydrogen (secondary N) is 1. The van der Waals surface area contributed by atoms with Crippen molar-refractivity contribution in [3.8, 4) is 0 Å². The number of carbonyl (C=O) groups excluding carboxylic acids is 2. The molecule has 1 fully saturated rings. The van der Waals surface area contributed by atoms with Crippen LogP contribution >= 0.6 is 11.6 Å². The molecule has 2 amide bonds. The zero-order chi connectivity index (χ0) is 20.2. The molecule has 0 radical (unpaired) electrons. The third kappa shape index (κ3) is 4.45. The van der Waals surface area contributed by atoms with E-state index >= 15 is 0 Å². The maximum absolute atomic E-state index is 12.7. The Labute approximate surface area is 175 Å². The molecule has 1 N–H and O–H groups in total. The quantitative estimate of drug-likeness (QED) is 0.832. The number of hydrogen-bond acceptors (Lipinski definition) is 4. The average molecular weight is 416 g/mol. The number of halogens is 1. The first-order chi connectivity index (χ1) is 14.1. The van der Waals surface area contributed by atoms with Gasteiger partial charge >= 0.3 is 0 Å². The van der Waals surface area contributed by atoms with Gasteiger partial charge in [0, 0.05) is 32.0 Å². The summed E-state index contributed by atoms with van der Waals surface area (Å²) in [5.41, 5.74) is 0.379. The Bertz CT molecular complexity index is 897. The maximum Gasteiger partial charge on any atom is 0.253 e. The molecule has 0 spiro atoms. The van der Waals surface area contributed by atoms with E-state index in [1.54, 1.807) is 24.3 Å². The van der Waals surface area contributed by atoms with Gasteiger partial charge in [-0.15, -0.1) is 10.2 Å². The summed E-state index contributed by atoms with van der Waals surface area (Å²) < 4.78 is 2.27. The number of aryl methyl sites for hydroxylation is 1. The lowest BCUT2D eigenvalue weighted by atomic mass is 9.97. The Morgan fingerprint density at radius 1 is 1.10 bits per heavy atom. The first-order valence-corrected chi connectivity index (χ1v) is 10.7. The normalized spacial score (nSPS) is 19.3. The van der Waals surface area contributed by atoms with Gasteiger partial charge in [0.15, 0.2) is 0 Å². The topological polar surface area (TPSA) is 80.1 Å². The van der Waals surface area contributed by atoms with Crippen LogP contribution in [-0.4, -0.2) is 51.1 Å². The van der Waals surface area contributed by atoms with Crippen LogP contribution in [0, 0.1) is 0 Å². The molecular weight excluding hydrogens is 390 g/mol. The molecule has 8 heteroatoms. The van der Waals surface area contributed by atoms with Crippen molar-refractivity contribution in [3.05, 3.63) is 46.5 Å². The average Bonchev–Trinajstić information content (AvgIpc) is 3.00. The van der Waals surface area contributed by atoms with Crippen molar-refractivity contribution in [1.82, 2.24) is 25.0 Å². The van der Waals surface area contributed by atoms with Crippen LogP contribution in [0.3, 0.4) is 0 Å². The molecule has 7 nitrogen and oxygen atoms in total. The highest BCUT2D eigenvalue weighted by Gasteiger charge is 2.29. The van der Waals surface area contributed by atoms with E-state index < -0.39 is 0 Å². The minimum Gasteiger partial charge on any atom is -0.343 e. The Morgan fingerprint density at radius 2 is 1.97 bits per heavy atom. The summed E-state index contributed by atoms with van der Waals surface area (Å²) >= 11 is 6.06. The molecule has 3 heterocycles. The van der Waals surface area contributed by atoms with E-state index in [9.17, 15) is 9.59 Å². The van der Waals surface area contributed by atoms with Crippen LogP contribution in [0.4, 0.5) is 0 Å². The largest absolute Gasteiger partial charge is 0.343 e. The Hall–Kier alpha value is -2.41. The number of hydrogen-bond donors (Lipinski definition) is 1. The van der Waals surface area contributed by atoms with Crippen molar-refractivity contribution < 1.29 is 9.59 Å². The molecule has 1 saturated heterocycles. The molecule has 1 atom stereocenters. The van der Waals surface area contributed by atoms with Crippen molar-refractivity contribution in [2.24, 2.45) is 0 Å². The van der Waals surface area contributed by atoms with E-state index in [-0.39, 0.29) is 24.3 Å². The molecule has 0 saturated carbocycles. The van der Waals surface area contributed by atoms with E-state index in [1.807, 2.05) is 4.90 Å². The van der Waals surface area contributed by atoms with Crippen LogP contribution in [0.2, 0.25) is 5.02 Å². The number of piperidine rings is 1. The van der Waals surface area contributed by atoms with Gasteiger partial charge in [-0.3, -0.25) is 9.59 Å². The molecule has 1 unspecified atom stereocenters. The van der Waals surface area contributed by atoms with Gasteiger partial charge < -0.3 is 14.8 Å². The number of nitrogens with zero attached hydrogens (tertiary/aromatic N) is 4. The Balaban J connectivity index is 1.37. The monoisotopic (exact) mass is 415 g/mol. The van der Waals surface area contributed by atoms with Crippen LogP contribution in [0.15, 0.2) is 24.3 Å². The van der Waals surface area contributed by atoms with Crippen LogP contribution < -0.4 is 5.32 Å². The first-order valence-electron chi connectivity index (χ1n) is 10.4. The number of carbonyl (C=O) groups is 2. The SMILES string of the molecule is O=C(NCC(=O)N1CCCC(c2nnc3n2CCCCC3)C1)c1ccccc1Cl. The zero-order valence-electron chi connectivity index (χ0n) is 16.4. The summed E-state index contributed by atoms with van der Waals surface area (Å²) in [5, 5.41) is 11.9. The van der Waals surface area contributed by atoms with Crippen molar-refractivity contribution in [1.29, 1.82) is 0 Å². The summed E-state index contributed by atoms with van der Waals surface area (Å²) in [7, 11) is 0. The van der Waals surface area contributed by atoms with Gasteiger partial charge in [0.05, 0.1) is 17.1 Å². The summed E-state index contributed by atoms with van der Waals surface area (Å²) in [6.45, 7) is 2.27. The van der Waals surface area contributed by atoms with Crippen LogP contribution in [0.5, 0.6) is 0 Å². The van der Waals surface area contributed by atoms with Gasteiger partial charge in [0.1, 0.15) is 11.6 Å². The number of likely N-dealkylation sites (tertiary alicyclic amines) is 1. The summed E-state index contributed by atoms with van der Waals surface area (Å²) in [4.78, 5) is 26.9. The summed E-state index contributed by atoms with van der Waals surface area (Å²) in [6.07, 6.45) is 6.46. The minimum atomic E-state index is -0.333. The first kappa shape index (κ1) is 19.9. The number of benzene rings is 1. The van der Waals surface area contributed by atoms with Crippen LogP contribution in [-0.2, 0) is 17.8 Å². The van der Waals surface area contributed by atoms with Gasteiger partial charge in [-0.25, -0.2) is 0 Å². The second-order valence-electron chi connectivity index (χ2n) is 7.78. The van der Waals surface area contributed by atoms with E-state index in [4.69, 9.17) is 11.6 Å². The number of aromatic nitrogens is 3. The highest BCUT2D eigenvalue weighted by atomic mass is 35.5. The highest BCUT2D eigenvalue weighted by Crippen LogP contribution is 2.28. The molecule has 1 aromatic heterocycles. The fraction of sp³-hybridized carbons (Fsp3) is 0.524. The second-order valence-corrected chi connectivity index (χ2v) is 8.19. The molecule has 0 bridgehead atoms. The van der Waals surface area contributed by atoms with Crippen molar-refractivity contribution in [3.63, 3.8) is 0 Å². The van der Waals surface area contributed by atoms with E-state index in [2.05, 4.69) is 20.1 Å². The van der Waals surface area contributed by atoms with Gasteiger partial charge in [0.25, 0.3) is 5.91 Å².